The quantitative estimate of drug-likeness (QED) is 0.799. The van der Waals surface area contributed by atoms with E-state index in [2.05, 4.69) is 0 Å². The van der Waals surface area contributed by atoms with Gasteiger partial charge in [-0.25, -0.2) is 9.59 Å². The second-order valence-electron chi connectivity index (χ2n) is 5.53. The first kappa shape index (κ1) is 17.3. The van der Waals surface area contributed by atoms with Crippen LogP contribution < -0.4 is 4.90 Å². The van der Waals surface area contributed by atoms with Gasteiger partial charge in [0.05, 0.1) is 7.11 Å². The molecule has 1 aromatic carbocycles. The molecule has 6 heteroatoms. The molecule has 1 aromatic rings. The van der Waals surface area contributed by atoms with Gasteiger partial charge < -0.3 is 9.47 Å². The summed E-state index contributed by atoms with van der Waals surface area (Å²) in [5.74, 6) is -0.532. The van der Waals surface area contributed by atoms with Crippen LogP contribution in [0.5, 0.6) is 0 Å². The molecule has 0 saturated heterocycles. The Kier molecular flexibility index (Phi) is 5.61. The molecule has 0 spiro atoms. The van der Waals surface area contributed by atoms with Gasteiger partial charge in [-0.3, -0.25) is 4.90 Å². The lowest BCUT2D eigenvalue weighted by Crippen LogP contribution is -2.46. The second kappa shape index (κ2) is 6.80. The van der Waals surface area contributed by atoms with Crippen molar-refractivity contribution in [2.24, 2.45) is 0 Å². The fourth-order valence-electron chi connectivity index (χ4n) is 1.68. The Hall–Kier alpha value is -1.75. The molecule has 1 atom stereocenters. The van der Waals surface area contributed by atoms with Crippen LogP contribution in [-0.4, -0.2) is 30.8 Å². The Labute approximate surface area is 129 Å². The first-order chi connectivity index (χ1) is 9.65. The van der Waals surface area contributed by atoms with Crippen LogP contribution in [0.15, 0.2) is 24.3 Å². The molecule has 0 aliphatic heterocycles. The van der Waals surface area contributed by atoms with E-state index >= 15 is 0 Å². The summed E-state index contributed by atoms with van der Waals surface area (Å²) in [6.45, 7) is 6.85. The van der Waals surface area contributed by atoms with Gasteiger partial charge in [0.25, 0.3) is 0 Å². The highest BCUT2D eigenvalue weighted by atomic mass is 35.5. The number of esters is 1. The SMILES string of the molecule is COC(=O)[C@@H](C)N(C(=O)OC(C)(C)C)c1ccc(Cl)cc1. The van der Waals surface area contributed by atoms with Crippen molar-refractivity contribution in [1.82, 2.24) is 0 Å². The van der Waals surface area contributed by atoms with E-state index in [1.54, 1.807) is 52.0 Å². The van der Waals surface area contributed by atoms with Crippen molar-refractivity contribution in [3.8, 4) is 0 Å². The summed E-state index contributed by atoms with van der Waals surface area (Å²) in [5.41, 5.74) is -0.163. The summed E-state index contributed by atoms with van der Waals surface area (Å²) >= 11 is 5.85. The predicted octanol–water partition coefficient (Wildman–Crippen LogP) is 3.64. The molecule has 0 aromatic heterocycles. The van der Waals surface area contributed by atoms with Crippen molar-refractivity contribution in [1.29, 1.82) is 0 Å². The zero-order valence-electron chi connectivity index (χ0n) is 12.8. The van der Waals surface area contributed by atoms with Gasteiger partial charge in [0, 0.05) is 10.7 Å². The summed E-state index contributed by atoms with van der Waals surface area (Å²) in [6, 6.07) is 5.75. The van der Waals surface area contributed by atoms with Crippen molar-refractivity contribution >= 4 is 29.4 Å². The van der Waals surface area contributed by atoms with Gasteiger partial charge in [-0.1, -0.05) is 11.6 Å². The van der Waals surface area contributed by atoms with Crippen molar-refractivity contribution in [2.45, 2.75) is 39.3 Å². The number of rotatable bonds is 3. The molecule has 21 heavy (non-hydrogen) atoms. The number of benzene rings is 1. The van der Waals surface area contributed by atoms with Crippen LogP contribution in [0.1, 0.15) is 27.7 Å². The third-order valence-electron chi connectivity index (χ3n) is 2.62. The van der Waals surface area contributed by atoms with Crippen LogP contribution in [0.2, 0.25) is 5.02 Å². The van der Waals surface area contributed by atoms with Crippen molar-refractivity contribution < 1.29 is 19.1 Å². The van der Waals surface area contributed by atoms with E-state index < -0.39 is 23.7 Å². The predicted molar refractivity (Wildman–Crippen MR) is 81.6 cm³/mol. The number of hydrogen-bond donors (Lipinski definition) is 0. The standard InChI is InChI=1S/C15H20ClNO4/c1-10(13(18)20-5)17(14(19)21-15(2,3)4)12-8-6-11(16)7-9-12/h6-10H,1-5H3/t10-/m1/s1. The fourth-order valence-corrected chi connectivity index (χ4v) is 1.80. The number of carbonyl (C=O) groups excluding carboxylic acids is 2. The van der Waals surface area contributed by atoms with Gasteiger partial charge in [0.2, 0.25) is 0 Å². The molecule has 1 amide bonds. The highest BCUT2D eigenvalue weighted by Crippen LogP contribution is 2.23. The van der Waals surface area contributed by atoms with Crippen LogP contribution >= 0.6 is 11.6 Å². The number of hydrogen-bond acceptors (Lipinski definition) is 4. The summed E-state index contributed by atoms with van der Waals surface area (Å²) < 4.78 is 10.1. The van der Waals surface area contributed by atoms with Crippen molar-refractivity contribution in [3.05, 3.63) is 29.3 Å². The first-order valence-corrected chi connectivity index (χ1v) is 6.89. The van der Waals surface area contributed by atoms with Crippen LogP contribution in [0, 0.1) is 0 Å². The van der Waals surface area contributed by atoms with Crippen molar-refractivity contribution in [2.75, 3.05) is 12.0 Å². The third-order valence-corrected chi connectivity index (χ3v) is 2.88. The maximum atomic E-state index is 12.4. The lowest BCUT2D eigenvalue weighted by molar-refractivity contribution is -0.141. The molecule has 0 aliphatic rings. The van der Waals surface area contributed by atoms with Crippen LogP contribution in [0.3, 0.4) is 0 Å². The maximum absolute atomic E-state index is 12.4. The zero-order valence-corrected chi connectivity index (χ0v) is 13.6. The maximum Gasteiger partial charge on any atom is 0.415 e. The van der Waals surface area contributed by atoms with Gasteiger partial charge in [-0.15, -0.1) is 0 Å². The Morgan fingerprint density at radius 1 is 1.19 bits per heavy atom. The third kappa shape index (κ3) is 4.93. The molecule has 0 unspecified atom stereocenters. The van der Waals surface area contributed by atoms with E-state index in [0.717, 1.165) is 0 Å². The number of carbonyl (C=O) groups is 2. The Morgan fingerprint density at radius 3 is 2.14 bits per heavy atom. The monoisotopic (exact) mass is 313 g/mol. The molecule has 0 bridgehead atoms. The van der Waals surface area contributed by atoms with Gasteiger partial charge in [0.15, 0.2) is 0 Å². The Morgan fingerprint density at radius 2 is 1.71 bits per heavy atom. The minimum atomic E-state index is -0.814. The average Bonchev–Trinajstić information content (AvgIpc) is 2.38. The fraction of sp³-hybridized carbons (Fsp3) is 0.467. The van der Waals surface area contributed by atoms with Crippen LogP contribution in [0.25, 0.3) is 0 Å². The lowest BCUT2D eigenvalue weighted by Gasteiger charge is -2.30. The van der Waals surface area contributed by atoms with Gasteiger partial charge >= 0.3 is 12.1 Å². The van der Waals surface area contributed by atoms with E-state index in [1.165, 1.54) is 12.0 Å². The second-order valence-corrected chi connectivity index (χ2v) is 5.96. The first-order valence-electron chi connectivity index (χ1n) is 6.51. The molecule has 0 fully saturated rings. The molecule has 5 nitrogen and oxygen atoms in total. The summed E-state index contributed by atoms with van der Waals surface area (Å²) in [4.78, 5) is 25.4. The average molecular weight is 314 g/mol. The van der Waals surface area contributed by atoms with Crippen LogP contribution in [0.4, 0.5) is 10.5 Å². The Bertz CT molecular complexity index is 507. The summed E-state index contributed by atoms with van der Waals surface area (Å²) in [6.07, 6.45) is -0.622. The van der Waals surface area contributed by atoms with E-state index in [9.17, 15) is 9.59 Å². The van der Waals surface area contributed by atoms with E-state index in [4.69, 9.17) is 21.1 Å². The zero-order chi connectivity index (χ0) is 16.2. The van der Waals surface area contributed by atoms with Gasteiger partial charge in [0.1, 0.15) is 11.6 Å². The number of methoxy groups -OCH3 is 1. The Balaban J connectivity index is 3.13. The molecule has 0 N–H and O–H groups in total. The number of nitrogens with zero attached hydrogens (tertiary/aromatic N) is 1. The number of anilines is 1. The lowest BCUT2D eigenvalue weighted by atomic mass is 10.2. The minimum Gasteiger partial charge on any atom is -0.467 e. The van der Waals surface area contributed by atoms with Gasteiger partial charge in [-0.05, 0) is 52.0 Å². The van der Waals surface area contributed by atoms with Crippen molar-refractivity contribution in [3.63, 3.8) is 0 Å². The van der Waals surface area contributed by atoms with E-state index in [0.29, 0.717) is 10.7 Å². The molecule has 116 valence electrons. The molecule has 0 saturated carbocycles. The number of amides is 1. The molecular formula is C15H20ClNO4. The summed E-state index contributed by atoms with van der Waals surface area (Å²) in [7, 11) is 1.27. The highest BCUT2D eigenvalue weighted by Gasteiger charge is 2.31. The van der Waals surface area contributed by atoms with E-state index in [1.807, 2.05) is 0 Å². The summed E-state index contributed by atoms with van der Waals surface area (Å²) in [5, 5.41) is 0.536. The normalized spacial score (nSPS) is 12.5. The highest BCUT2D eigenvalue weighted by molar-refractivity contribution is 6.30. The molecular weight excluding hydrogens is 294 g/mol. The minimum absolute atomic E-state index is 0.506. The molecule has 1 rings (SSSR count). The van der Waals surface area contributed by atoms with Gasteiger partial charge in [-0.2, -0.15) is 0 Å². The molecule has 0 aliphatic carbocycles. The topological polar surface area (TPSA) is 55.8 Å². The molecule has 0 radical (unpaired) electrons. The molecule has 0 heterocycles. The number of halogens is 1. The largest absolute Gasteiger partial charge is 0.467 e. The smallest absolute Gasteiger partial charge is 0.415 e. The van der Waals surface area contributed by atoms with Crippen LogP contribution in [-0.2, 0) is 14.3 Å². The number of ether oxygens (including phenoxy) is 2. The van der Waals surface area contributed by atoms with E-state index in [-0.39, 0.29) is 0 Å².